The first-order chi connectivity index (χ1) is 20.5. The van der Waals surface area contributed by atoms with Crippen molar-refractivity contribution in [2.45, 2.75) is 62.2 Å². The third kappa shape index (κ3) is 6.02. The molecule has 7 nitrogen and oxygen atoms in total. The van der Waals surface area contributed by atoms with Crippen LogP contribution in [0.3, 0.4) is 0 Å². The van der Waals surface area contributed by atoms with E-state index in [9.17, 15) is 4.79 Å². The van der Waals surface area contributed by atoms with E-state index < -0.39 is 16.1 Å². The normalized spacial score (nSPS) is 17.7. The molecule has 3 aromatic carbocycles. The Morgan fingerprint density at radius 2 is 1.57 bits per heavy atom. The largest absolute Gasteiger partial charge is 0.343 e. The van der Waals surface area contributed by atoms with Crippen LogP contribution in [0.5, 0.6) is 0 Å². The van der Waals surface area contributed by atoms with Gasteiger partial charge in [-0.05, 0) is 61.9 Å². The topological polar surface area (TPSA) is 74.7 Å². The molecule has 2 aliphatic heterocycles. The number of nitrogens with one attached hydrogen (secondary N) is 1. The van der Waals surface area contributed by atoms with Gasteiger partial charge < -0.3 is 14.8 Å². The monoisotopic (exact) mass is 584 g/mol. The first-order valence-electron chi connectivity index (χ1n) is 15.2. The fourth-order valence-corrected chi connectivity index (χ4v) is 8.45. The summed E-state index contributed by atoms with van der Waals surface area (Å²) >= 11 is 0. The van der Waals surface area contributed by atoms with Gasteiger partial charge in [-0.2, -0.15) is 4.31 Å². The van der Waals surface area contributed by atoms with Crippen LogP contribution in [0.15, 0.2) is 96.0 Å². The van der Waals surface area contributed by atoms with Gasteiger partial charge in [0, 0.05) is 49.5 Å². The van der Waals surface area contributed by atoms with Crippen molar-refractivity contribution in [1.29, 1.82) is 0 Å². The summed E-state index contributed by atoms with van der Waals surface area (Å²) < 4.78 is 33.7. The van der Waals surface area contributed by atoms with Crippen molar-refractivity contribution in [3.8, 4) is 0 Å². The molecular formula is C34H40N4O3S. The molecule has 3 heterocycles. The van der Waals surface area contributed by atoms with E-state index in [0.29, 0.717) is 43.5 Å². The van der Waals surface area contributed by atoms with Crippen LogP contribution in [0.25, 0.3) is 10.9 Å². The van der Waals surface area contributed by atoms with Gasteiger partial charge in [0.05, 0.1) is 6.04 Å². The first kappa shape index (κ1) is 28.6. The molecule has 2 saturated heterocycles. The first-order valence-corrected chi connectivity index (χ1v) is 16.7. The van der Waals surface area contributed by atoms with E-state index >= 15 is 8.42 Å². The number of rotatable bonds is 12. The van der Waals surface area contributed by atoms with Crippen LogP contribution in [0, 0.1) is 0 Å². The van der Waals surface area contributed by atoms with Crippen LogP contribution in [-0.4, -0.2) is 60.3 Å². The molecule has 0 spiro atoms. The molecule has 0 radical (unpaired) electrons. The van der Waals surface area contributed by atoms with Crippen molar-refractivity contribution in [3.05, 3.63) is 102 Å². The standard InChI is InChI=1S/C34H40N4O3S/c39-32-19-10-22-36(32)23-11-24-38(34(27-12-3-1-4-13-27)28-14-5-2-6-15-28)42(40,41)33-26-29-16-7-8-18-31(29)37(33)25-20-30-17-9-21-35-30/h1-8,12-16,18,26,30,34-35H,9-11,17,19-25H2. The highest BCUT2D eigenvalue weighted by Crippen LogP contribution is 2.36. The highest BCUT2D eigenvalue weighted by atomic mass is 32.2. The number of carbonyl (C=O) groups is 1. The molecule has 0 bridgehead atoms. The maximum absolute atomic E-state index is 15.0. The molecule has 4 aromatic rings. The molecule has 6 rings (SSSR count). The third-order valence-electron chi connectivity index (χ3n) is 8.71. The molecule has 1 N–H and O–H groups in total. The number of likely N-dealkylation sites (tertiary alicyclic amines) is 1. The van der Waals surface area contributed by atoms with E-state index in [1.165, 1.54) is 0 Å². The summed E-state index contributed by atoms with van der Waals surface area (Å²) in [6, 6.07) is 29.5. The minimum Gasteiger partial charge on any atom is -0.343 e. The lowest BCUT2D eigenvalue weighted by atomic mass is 9.98. The molecule has 2 aliphatic rings. The van der Waals surface area contributed by atoms with E-state index in [0.717, 1.165) is 60.8 Å². The molecule has 1 unspecified atom stereocenters. The van der Waals surface area contributed by atoms with Crippen molar-refractivity contribution in [2.75, 3.05) is 26.2 Å². The number of amides is 1. The summed E-state index contributed by atoms with van der Waals surface area (Å²) in [4.78, 5) is 14.2. The number of hydrogen-bond donors (Lipinski definition) is 1. The van der Waals surface area contributed by atoms with E-state index in [1.54, 1.807) is 4.31 Å². The van der Waals surface area contributed by atoms with Crippen molar-refractivity contribution in [1.82, 2.24) is 19.1 Å². The third-order valence-corrected chi connectivity index (χ3v) is 10.6. The molecule has 0 aliphatic carbocycles. The van der Waals surface area contributed by atoms with Crippen LogP contribution in [0.2, 0.25) is 0 Å². The number of aromatic nitrogens is 1. The molecule has 8 heteroatoms. The van der Waals surface area contributed by atoms with E-state index in [4.69, 9.17) is 0 Å². The minimum atomic E-state index is -3.97. The number of benzene rings is 3. The average molecular weight is 585 g/mol. The van der Waals surface area contributed by atoms with Gasteiger partial charge in [-0.15, -0.1) is 0 Å². The number of para-hydroxylation sites is 1. The lowest BCUT2D eigenvalue weighted by Crippen LogP contribution is -2.39. The van der Waals surface area contributed by atoms with Crippen molar-refractivity contribution in [3.63, 3.8) is 0 Å². The fourth-order valence-electron chi connectivity index (χ4n) is 6.58. The zero-order chi connectivity index (χ0) is 28.9. The molecule has 2 fully saturated rings. The molecule has 220 valence electrons. The number of carbonyl (C=O) groups excluding carboxylic acids is 1. The van der Waals surface area contributed by atoms with Gasteiger partial charge in [0.2, 0.25) is 5.91 Å². The van der Waals surface area contributed by atoms with Crippen LogP contribution in [0.1, 0.15) is 55.7 Å². The van der Waals surface area contributed by atoms with E-state index in [2.05, 4.69) is 5.32 Å². The maximum Gasteiger partial charge on any atom is 0.259 e. The van der Waals surface area contributed by atoms with Crippen molar-refractivity contribution >= 4 is 26.8 Å². The minimum absolute atomic E-state index is 0.160. The quantitative estimate of drug-likeness (QED) is 0.236. The van der Waals surface area contributed by atoms with Crippen LogP contribution in [-0.2, 0) is 21.4 Å². The summed E-state index contributed by atoms with van der Waals surface area (Å²) in [5.41, 5.74) is 2.78. The van der Waals surface area contributed by atoms with E-state index in [1.807, 2.05) is 100 Å². The highest BCUT2D eigenvalue weighted by molar-refractivity contribution is 7.89. The van der Waals surface area contributed by atoms with Crippen LogP contribution in [0.4, 0.5) is 0 Å². The number of sulfonamides is 1. The second kappa shape index (κ2) is 12.8. The highest BCUT2D eigenvalue weighted by Gasteiger charge is 2.36. The predicted molar refractivity (Wildman–Crippen MR) is 167 cm³/mol. The predicted octanol–water partition coefficient (Wildman–Crippen LogP) is 5.58. The summed E-state index contributed by atoms with van der Waals surface area (Å²) in [5, 5.41) is 4.82. The molecular weight excluding hydrogens is 544 g/mol. The van der Waals surface area contributed by atoms with Gasteiger partial charge in [0.15, 0.2) is 5.03 Å². The molecule has 1 amide bonds. The number of hydrogen-bond acceptors (Lipinski definition) is 4. The maximum atomic E-state index is 15.0. The van der Waals surface area contributed by atoms with Gasteiger partial charge >= 0.3 is 0 Å². The Balaban J connectivity index is 1.43. The Bertz CT molecular complexity index is 1560. The second-order valence-corrected chi connectivity index (χ2v) is 13.3. The lowest BCUT2D eigenvalue weighted by Gasteiger charge is -2.32. The van der Waals surface area contributed by atoms with Crippen molar-refractivity contribution < 1.29 is 13.2 Å². The van der Waals surface area contributed by atoms with Crippen molar-refractivity contribution in [2.24, 2.45) is 0 Å². The van der Waals surface area contributed by atoms with Gasteiger partial charge in [0.1, 0.15) is 0 Å². The second-order valence-electron chi connectivity index (χ2n) is 11.5. The van der Waals surface area contributed by atoms with Gasteiger partial charge in [-0.1, -0.05) is 78.9 Å². The SMILES string of the molecule is O=C1CCCN1CCCN(C(c1ccccc1)c1ccccc1)S(=O)(=O)c1cc2ccccc2n1CCC1CCCN1. The zero-order valence-electron chi connectivity index (χ0n) is 24.1. The summed E-state index contributed by atoms with van der Waals surface area (Å²) in [7, 11) is -3.97. The molecule has 1 aromatic heterocycles. The number of fused-ring (bicyclic) bond motifs is 1. The van der Waals surface area contributed by atoms with Gasteiger partial charge in [-0.25, -0.2) is 8.42 Å². The van der Waals surface area contributed by atoms with Crippen LogP contribution < -0.4 is 5.32 Å². The smallest absolute Gasteiger partial charge is 0.259 e. The average Bonchev–Trinajstić information content (AvgIpc) is 3.77. The number of aryl methyl sites for hydroxylation is 1. The number of nitrogens with zero attached hydrogens (tertiary/aromatic N) is 3. The molecule has 0 saturated carbocycles. The zero-order valence-corrected chi connectivity index (χ0v) is 24.9. The Kier molecular flexibility index (Phi) is 8.74. The Labute approximate surface area is 249 Å². The Morgan fingerprint density at radius 1 is 0.881 bits per heavy atom. The molecule has 1 atom stereocenters. The molecule has 42 heavy (non-hydrogen) atoms. The lowest BCUT2D eigenvalue weighted by molar-refractivity contribution is -0.127. The summed E-state index contributed by atoms with van der Waals surface area (Å²) in [6.45, 7) is 3.24. The summed E-state index contributed by atoms with van der Waals surface area (Å²) in [5.74, 6) is 0.160. The van der Waals surface area contributed by atoms with Gasteiger partial charge in [-0.3, -0.25) is 4.79 Å². The van der Waals surface area contributed by atoms with Gasteiger partial charge in [0.25, 0.3) is 10.0 Å². The van der Waals surface area contributed by atoms with E-state index in [-0.39, 0.29) is 5.91 Å². The Morgan fingerprint density at radius 3 is 2.21 bits per heavy atom. The van der Waals surface area contributed by atoms with Crippen LogP contribution >= 0.6 is 0 Å². The Hall–Kier alpha value is -3.46. The summed E-state index contributed by atoms with van der Waals surface area (Å²) in [6.07, 6.45) is 5.16. The fraction of sp³-hybridized carbons (Fsp3) is 0.382.